The lowest BCUT2D eigenvalue weighted by Gasteiger charge is -2.00. The van der Waals surface area contributed by atoms with Crippen molar-refractivity contribution in [1.82, 2.24) is 0 Å². The molecule has 150 valence electrons. The second kappa shape index (κ2) is 21.0. The van der Waals surface area contributed by atoms with Crippen molar-refractivity contribution in [3.63, 3.8) is 0 Å². The van der Waals surface area contributed by atoms with Crippen LogP contribution >= 0.6 is 0 Å². The summed E-state index contributed by atoms with van der Waals surface area (Å²) in [6.45, 7) is 0. The Morgan fingerprint density at radius 2 is 0.429 bits per heavy atom. The molecule has 1 aliphatic carbocycles. The highest BCUT2D eigenvalue weighted by Gasteiger charge is 1.91. The number of hydrogen-bond acceptors (Lipinski definition) is 0. The minimum Gasteiger partial charge on any atom is -0.0845 e. The van der Waals surface area contributed by atoms with Gasteiger partial charge in [0.2, 0.25) is 0 Å². The first kappa shape index (κ1) is 23.7. The molecule has 0 bridgehead atoms. The predicted octanol–water partition coefficient (Wildman–Crippen LogP) is 8.91. The summed E-state index contributed by atoms with van der Waals surface area (Å²) in [4.78, 5) is 0. The summed E-state index contributed by atoms with van der Waals surface area (Å²) in [6.07, 6.45) is 51.0. The van der Waals surface area contributed by atoms with Crippen molar-refractivity contribution in [2.24, 2.45) is 0 Å². The predicted molar refractivity (Wildman–Crippen MR) is 128 cm³/mol. The van der Waals surface area contributed by atoms with Gasteiger partial charge in [-0.05, 0) is 25.7 Å². The number of hydrogen-bond donors (Lipinski definition) is 0. The summed E-state index contributed by atoms with van der Waals surface area (Å²) in [5.74, 6) is 0. The Kier molecular flexibility index (Phi) is 17.7. The maximum absolute atomic E-state index is 2.28. The van der Waals surface area contributed by atoms with Gasteiger partial charge < -0.3 is 0 Å². The highest BCUT2D eigenvalue weighted by molar-refractivity contribution is 5.21. The van der Waals surface area contributed by atoms with E-state index in [9.17, 15) is 0 Å². The molecule has 0 fully saturated rings. The third kappa shape index (κ3) is 18.5. The van der Waals surface area contributed by atoms with Crippen LogP contribution in [0.25, 0.3) is 0 Å². The zero-order valence-electron chi connectivity index (χ0n) is 17.5. The molecular formula is C28H38. The fraction of sp³-hybridized carbons (Fsp3) is 0.357. The topological polar surface area (TPSA) is 0 Å². The standard InChI is InChI=1S/C28H38/c1-2-4-6-8-10-12-14-16-18-20-22-24-26-28-27-25-23-21-19-17-15-13-11-9-7-5-3-1/h1-18H,19-28H2/b2-1+,5-3-,6-4+,9-7-,10-8+,13-11-,14-12-,17-15?,18-16+. The molecule has 1 rings (SSSR count). The Morgan fingerprint density at radius 3 is 0.714 bits per heavy atom. The van der Waals surface area contributed by atoms with Gasteiger partial charge >= 0.3 is 0 Å². The van der Waals surface area contributed by atoms with E-state index in [2.05, 4.69) is 60.8 Å². The molecule has 0 heteroatoms. The second-order valence-corrected chi connectivity index (χ2v) is 6.96. The van der Waals surface area contributed by atoms with Crippen LogP contribution in [0, 0.1) is 0 Å². The fourth-order valence-corrected chi connectivity index (χ4v) is 2.83. The van der Waals surface area contributed by atoms with Crippen LogP contribution in [0.3, 0.4) is 0 Å². The van der Waals surface area contributed by atoms with E-state index in [1.807, 2.05) is 48.6 Å². The molecule has 0 spiro atoms. The maximum atomic E-state index is 2.28. The first-order valence-corrected chi connectivity index (χ1v) is 11.0. The third-order valence-corrected chi connectivity index (χ3v) is 4.43. The highest BCUT2D eigenvalue weighted by atomic mass is 14.0. The molecule has 0 aliphatic heterocycles. The molecule has 0 aromatic carbocycles. The largest absolute Gasteiger partial charge is 0.0845 e. The summed E-state index contributed by atoms with van der Waals surface area (Å²) in [6, 6.07) is 0. The molecule has 0 unspecified atom stereocenters. The van der Waals surface area contributed by atoms with Crippen LogP contribution in [0.4, 0.5) is 0 Å². The molecule has 0 radical (unpaired) electrons. The van der Waals surface area contributed by atoms with Crippen LogP contribution in [0.5, 0.6) is 0 Å². The molecule has 0 saturated heterocycles. The lowest BCUT2D eigenvalue weighted by molar-refractivity contribution is 0.571. The lowest BCUT2D eigenvalue weighted by atomic mass is 10.1. The summed E-state index contributed by atoms with van der Waals surface area (Å²) < 4.78 is 0. The second-order valence-electron chi connectivity index (χ2n) is 6.96. The van der Waals surface area contributed by atoms with E-state index in [1.165, 1.54) is 64.2 Å². The van der Waals surface area contributed by atoms with Gasteiger partial charge in [-0.3, -0.25) is 0 Å². The molecule has 0 atom stereocenters. The fourth-order valence-electron chi connectivity index (χ4n) is 2.83. The van der Waals surface area contributed by atoms with Crippen LogP contribution in [0.1, 0.15) is 64.2 Å². The van der Waals surface area contributed by atoms with Crippen molar-refractivity contribution in [1.29, 1.82) is 0 Å². The van der Waals surface area contributed by atoms with Gasteiger partial charge in [-0.2, -0.15) is 0 Å². The molecule has 0 nitrogen and oxygen atoms in total. The summed E-state index contributed by atoms with van der Waals surface area (Å²) in [7, 11) is 0. The van der Waals surface area contributed by atoms with Crippen LogP contribution in [0.2, 0.25) is 0 Å². The van der Waals surface area contributed by atoms with Crippen LogP contribution < -0.4 is 0 Å². The number of rotatable bonds is 0. The van der Waals surface area contributed by atoms with E-state index in [0.717, 1.165) is 0 Å². The monoisotopic (exact) mass is 374 g/mol. The van der Waals surface area contributed by atoms with Gasteiger partial charge in [0.25, 0.3) is 0 Å². The van der Waals surface area contributed by atoms with Crippen molar-refractivity contribution >= 4 is 0 Å². The maximum Gasteiger partial charge on any atom is -0.0348 e. The third-order valence-electron chi connectivity index (χ3n) is 4.43. The van der Waals surface area contributed by atoms with Gasteiger partial charge in [-0.25, -0.2) is 0 Å². The van der Waals surface area contributed by atoms with Gasteiger partial charge in [0, 0.05) is 0 Å². The zero-order chi connectivity index (χ0) is 19.8. The van der Waals surface area contributed by atoms with Crippen molar-refractivity contribution in [2.75, 3.05) is 0 Å². The van der Waals surface area contributed by atoms with Crippen LogP contribution in [0.15, 0.2) is 109 Å². The zero-order valence-corrected chi connectivity index (χ0v) is 17.5. The highest BCUT2D eigenvalue weighted by Crippen LogP contribution is 2.11. The number of allylic oxidation sites excluding steroid dienone is 18. The summed E-state index contributed by atoms with van der Waals surface area (Å²) in [5.41, 5.74) is 0. The van der Waals surface area contributed by atoms with Crippen LogP contribution in [-0.2, 0) is 0 Å². The quantitative estimate of drug-likeness (QED) is 0.397. The summed E-state index contributed by atoms with van der Waals surface area (Å²) >= 11 is 0. The SMILES string of the molecule is C1=CCCCCCCCCCC/C=C/C=C\C=C\C=C\C=C\C=C/C=C\C=C/1. The Labute approximate surface area is 173 Å². The van der Waals surface area contributed by atoms with Crippen molar-refractivity contribution < 1.29 is 0 Å². The van der Waals surface area contributed by atoms with Gasteiger partial charge in [0.05, 0.1) is 0 Å². The van der Waals surface area contributed by atoms with Crippen molar-refractivity contribution in [3.05, 3.63) is 109 Å². The summed E-state index contributed by atoms with van der Waals surface area (Å²) in [5, 5.41) is 0. The van der Waals surface area contributed by atoms with E-state index in [1.54, 1.807) is 0 Å². The van der Waals surface area contributed by atoms with Crippen LogP contribution in [-0.4, -0.2) is 0 Å². The Bertz CT molecular complexity index is 546. The van der Waals surface area contributed by atoms with E-state index in [0.29, 0.717) is 0 Å². The Balaban J connectivity index is 2.41. The van der Waals surface area contributed by atoms with E-state index >= 15 is 0 Å². The van der Waals surface area contributed by atoms with Gasteiger partial charge in [-0.1, -0.05) is 148 Å². The van der Waals surface area contributed by atoms with E-state index in [-0.39, 0.29) is 0 Å². The molecular weight excluding hydrogens is 336 g/mol. The molecule has 28 heavy (non-hydrogen) atoms. The van der Waals surface area contributed by atoms with Gasteiger partial charge in [-0.15, -0.1) is 0 Å². The first-order chi connectivity index (χ1) is 14.0. The molecule has 0 N–H and O–H groups in total. The minimum atomic E-state index is 1.20. The molecule has 1 aliphatic rings. The molecule has 0 amide bonds. The minimum absolute atomic E-state index is 1.20. The van der Waals surface area contributed by atoms with Gasteiger partial charge in [0.15, 0.2) is 0 Å². The van der Waals surface area contributed by atoms with Crippen molar-refractivity contribution in [2.45, 2.75) is 64.2 Å². The molecule has 0 aromatic rings. The Hall–Kier alpha value is -2.34. The van der Waals surface area contributed by atoms with Crippen molar-refractivity contribution in [3.8, 4) is 0 Å². The lowest BCUT2D eigenvalue weighted by Crippen LogP contribution is -1.81. The molecule has 0 saturated carbocycles. The average Bonchev–Trinajstić information content (AvgIpc) is 2.71. The van der Waals surface area contributed by atoms with E-state index in [4.69, 9.17) is 0 Å². The Morgan fingerprint density at radius 1 is 0.214 bits per heavy atom. The smallest absolute Gasteiger partial charge is 0.0348 e. The normalized spacial score (nSPS) is 28.0. The van der Waals surface area contributed by atoms with Gasteiger partial charge in [0.1, 0.15) is 0 Å². The molecule has 0 heterocycles. The first-order valence-electron chi connectivity index (χ1n) is 11.0. The van der Waals surface area contributed by atoms with E-state index < -0.39 is 0 Å². The molecule has 0 aromatic heterocycles. The average molecular weight is 375 g/mol.